The Hall–Kier alpha value is -2.34. The van der Waals surface area contributed by atoms with Crippen LogP contribution in [0.1, 0.15) is 48.8 Å². The van der Waals surface area contributed by atoms with Gasteiger partial charge in [-0.1, -0.05) is 6.07 Å². The first-order valence-electron chi connectivity index (χ1n) is 9.51. The Bertz CT molecular complexity index is 805. The first-order valence-corrected chi connectivity index (χ1v) is 9.51. The summed E-state index contributed by atoms with van der Waals surface area (Å²) in [6.45, 7) is 6.21. The largest absolute Gasteiger partial charge is 0.478 e. The van der Waals surface area contributed by atoms with Crippen LogP contribution in [-0.4, -0.2) is 45.3 Å². The lowest BCUT2D eigenvalue weighted by molar-refractivity contribution is 0.235. The molecule has 0 aliphatic carbocycles. The van der Waals surface area contributed by atoms with Crippen LogP contribution in [0.5, 0.6) is 5.88 Å². The van der Waals surface area contributed by atoms with Crippen molar-refractivity contribution >= 4 is 5.71 Å². The first-order chi connectivity index (χ1) is 12.8. The van der Waals surface area contributed by atoms with Crippen molar-refractivity contribution in [3.05, 3.63) is 47.2 Å². The molecular weight excluding hydrogens is 326 g/mol. The van der Waals surface area contributed by atoms with Crippen molar-refractivity contribution in [3.63, 3.8) is 0 Å². The van der Waals surface area contributed by atoms with Crippen LogP contribution in [0.3, 0.4) is 0 Å². The number of pyridine rings is 1. The van der Waals surface area contributed by atoms with E-state index in [0.717, 1.165) is 62.0 Å². The third kappa shape index (κ3) is 3.75. The molecular formula is C20H25N5O. The Morgan fingerprint density at radius 1 is 1.19 bits per heavy atom. The standard InChI is InChI=1S/C20H25N5O/c1-2-26-20-15(6-5-10-22-20)13-25-11-8-17-16(14-25)12-23-19(24-17)18-7-3-4-9-21-18/h5-6,10,12H,2-4,7-9,11,13-14H2,1H3. The highest BCUT2D eigenvalue weighted by Crippen LogP contribution is 2.22. The maximum absolute atomic E-state index is 5.66. The minimum Gasteiger partial charge on any atom is -0.478 e. The van der Waals surface area contributed by atoms with E-state index in [1.165, 1.54) is 24.1 Å². The maximum atomic E-state index is 5.66. The summed E-state index contributed by atoms with van der Waals surface area (Å²) >= 11 is 0. The number of rotatable bonds is 5. The number of aliphatic imine (C=N–C) groups is 1. The van der Waals surface area contributed by atoms with Crippen molar-refractivity contribution in [1.82, 2.24) is 19.9 Å². The lowest BCUT2D eigenvalue weighted by atomic mass is 10.0. The Morgan fingerprint density at radius 3 is 3.00 bits per heavy atom. The second kappa shape index (κ2) is 7.91. The van der Waals surface area contributed by atoms with Crippen LogP contribution in [0.15, 0.2) is 29.5 Å². The number of hydrogen-bond donors (Lipinski definition) is 0. The number of aromatic nitrogens is 3. The highest BCUT2D eigenvalue weighted by molar-refractivity contribution is 5.97. The van der Waals surface area contributed by atoms with Gasteiger partial charge in [-0.3, -0.25) is 9.89 Å². The van der Waals surface area contributed by atoms with Gasteiger partial charge in [-0.15, -0.1) is 0 Å². The molecule has 0 radical (unpaired) electrons. The zero-order valence-corrected chi connectivity index (χ0v) is 15.3. The fourth-order valence-electron chi connectivity index (χ4n) is 3.58. The van der Waals surface area contributed by atoms with E-state index in [4.69, 9.17) is 9.72 Å². The monoisotopic (exact) mass is 351 g/mol. The Labute approximate surface area is 154 Å². The minimum atomic E-state index is 0.632. The summed E-state index contributed by atoms with van der Waals surface area (Å²) in [6, 6.07) is 4.06. The number of nitrogens with zero attached hydrogens (tertiary/aromatic N) is 5. The van der Waals surface area contributed by atoms with Crippen LogP contribution in [-0.2, 0) is 19.5 Å². The molecule has 26 heavy (non-hydrogen) atoms. The van der Waals surface area contributed by atoms with Gasteiger partial charge in [0.25, 0.3) is 0 Å². The molecule has 0 fully saturated rings. The Balaban J connectivity index is 1.47. The summed E-state index contributed by atoms with van der Waals surface area (Å²) < 4.78 is 5.66. The van der Waals surface area contributed by atoms with Gasteiger partial charge in [0.1, 0.15) is 0 Å². The van der Waals surface area contributed by atoms with Gasteiger partial charge in [-0.05, 0) is 32.3 Å². The average Bonchev–Trinajstić information content (AvgIpc) is 2.70. The lowest BCUT2D eigenvalue weighted by Crippen LogP contribution is -2.31. The van der Waals surface area contributed by atoms with Crippen LogP contribution >= 0.6 is 0 Å². The summed E-state index contributed by atoms with van der Waals surface area (Å²) in [6.07, 6.45) is 8.10. The quantitative estimate of drug-likeness (QED) is 0.829. The first kappa shape index (κ1) is 17.1. The smallest absolute Gasteiger partial charge is 0.217 e. The van der Waals surface area contributed by atoms with Gasteiger partial charge in [0, 0.05) is 56.1 Å². The molecule has 2 aromatic heterocycles. The molecule has 6 heteroatoms. The van der Waals surface area contributed by atoms with Crippen LogP contribution in [0.25, 0.3) is 0 Å². The van der Waals surface area contributed by atoms with Crippen LogP contribution in [0.4, 0.5) is 0 Å². The van der Waals surface area contributed by atoms with Gasteiger partial charge in [-0.2, -0.15) is 0 Å². The predicted molar refractivity (Wildman–Crippen MR) is 101 cm³/mol. The van der Waals surface area contributed by atoms with Gasteiger partial charge in [-0.25, -0.2) is 15.0 Å². The molecule has 0 N–H and O–H groups in total. The molecule has 2 aromatic rings. The van der Waals surface area contributed by atoms with Crippen LogP contribution in [0, 0.1) is 0 Å². The summed E-state index contributed by atoms with van der Waals surface area (Å²) in [4.78, 5) is 20.8. The lowest BCUT2D eigenvalue weighted by Gasteiger charge is -2.28. The highest BCUT2D eigenvalue weighted by Gasteiger charge is 2.21. The van der Waals surface area contributed by atoms with E-state index in [1.807, 2.05) is 19.2 Å². The van der Waals surface area contributed by atoms with Crippen LogP contribution < -0.4 is 4.74 Å². The van der Waals surface area contributed by atoms with E-state index in [2.05, 4.69) is 25.9 Å². The second-order valence-electron chi connectivity index (χ2n) is 6.81. The second-order valence-corrected chi connectivity index (χ2v) is 6.81. The van der Waals surface area contributed by atoms with Crippen molar-refractivity contribution in [3.8, 4) is 5.88 Å². The van der Waals surface area contributed by atoms with Gasteiger partial charge >= 0.3 is 0 Å². The van der Waals surface area contributed by atoms with Gasteiger partial charge < -0.3 is 4.74 Å². The Morgan fingerprint density at radius 2 is 2.15 bits per heavy atom. The molecule has 0 bridgehead atoms. The molecule has 2 aliphatic rings. The van der Waals surface area contributed by atoms with E-state index >= 15 is 0 Å². The molecule has 0 saturated heterocycles. The molecule has 4 heterocycles. The molecule has 4 rings (SSSR count). The number of hydrogen-bond acceptors (Lipinski definition) is 6. The fraction of sp³-hybridized carbons (Fsp3) is 0.500. The summed E-state index contributed by atoms with van der Waals surface area (Å²) in [5.41, 5.74) is 4.61. The third-order valence-corrected chi connectivity index (χ3v) is 4.92. The maximum Gasteiger partial charge on any atom is 0.217 e. The highest BCUT2D eigenvalue weighted by atomic mass is 16.5. The normalized spacial score (nSPS) is 17.5. The van der Waals surface area contributed by atoms with E-state index in [0.29, 0.717) is 6.61 Å². The molecule has 0 saturated carbocycles. The molecule has 0 aromatic carbocycles. The number of fused-ring (bicyclic) bond motifs is 1. The summed E-state index contributed by atoms with van der Waals surface area (Å²) in [5.74, 6) is 1.57. The minimum absolute atomic E-state index is 0.632. The van der Waals surface area contributed by atoms with E-state index in [9.17, 15) is 0 Å². The SMILES string of the molecule is CCOc1ncccc1CN1CCc2nc(C3=NCCCC3)ncc2C1. The predicted octanol–water partition coefficient (Wildman–Crippen LogP) is 2.80. The average molecular weight is 351 g/mol. The molecule has 0 amide bonds. The van der Waals surface area contributed by atoms with Crippen molar-refractivity contribution in [1.29, 1.82) is 0 Å². The molecule has 136 valence electrons. The van der Waals surface area contributed by atoms with Gasteiger partial charge in [0.2, 0.25) is 5.88 Å². The summed E-state index contributed by atoms with van der Waals surface area (Å²) in [5, 5.41) is 0. The van der Waals surface area contributed by atoms with Crippen molar-refractivity contribution in [2.45, 2.75) is 45.7 Å². The zero-order valence-electron chi connectivity index (χ0n) is 15.3. The van der Waals surface area contributed by atoms with Crippen molar-refractivity contribution in [2.75, 3.05) is 19.7 Å². The molecule has 2 aliphatic heterocycles. The topological polar surface area (TPSA) is 63.5 Å². The van der Waals surface area contributed by atoms with E-state index < -0.39 is 0 Å². The van der Waals surface area contributed by atoms with Gasteiger partial charge in [0.05, 0.1) is 18.0 Å². The molecule has 0 spiro atoms. The third-order valence-electron chi connectivity index (χ3n) is 4.92. The molecule has 0 atom stereocenters. The Kier molecular flexibility index (Phi) is 5.20. The molecule has 0 unspecified atom stereocenters. The van der Waals surface area contributed by atoms with Gasteiger partial charge in [0.15, 0.2) is 5.82 Å². The van der Waals surface area contributed by atoms with E-state index in [-0.39, 0.29) is 0 Å². The fourth-order valence-corrected chi connectivity index (χ4v) is 3.58. The zero-order chi connectivity index (χ0) is 17.8. The van der Waals surface area contributed by atoms with Crippen molar-refractivity contribution in [2.24, 2.45) is 4.99 Å². The molecule has 6 nitrogen and oxygen atoms in total. The van der Waals surface area contributed by atoms with Crippen LogP contribution in [0.2, 0.25) is 0 Å². The van der Waals surface area contributed by atoms with E-state index in [1.54, 1.807) is 6.20 Å². The summed E-state index contributed by atoms with van der Waals surface area (Å²) in [7, 11) is 0. The van der Waals surface area contributed by atoms with Crippen molar-refractivity contribution < 1.29 is 4.74 Å². The number of ether oxygens (including phenoxy) is 1.